The zero-order valence-corrected chi connectivity index (χ0v) is 9.56. The predicted octanol–water partition coefficient (Wildman–Crippen LogP) is -0.175. The van der Waals surface area contributed by atoms with Crippen LogP contribution in [-0.4, -0.2) is 48.2 Å². The first-order chi connectivity index (χ1) is 7.74. The molecule has 16 heavy (non-hydrogen) atoms. The number of aliphatic hydroxyl groups is 1. The van der Waals surface area contributed by atoms with Crippen molar-refractivity contribution in [3.63, 3.8) is 0 Å². The third-order valence-corrected chi connectivity index (χ3v) is 4.50. The number of hydrogen-bond acceptors (Lipinski definition) is 3. The zero-order chi connectivity index (χ0) is 11.1. The number of aliphatic hydroxyl groups excluding tert-OH is 1. The topological polar surface area (TPSA) is 52.6 Å². The minimum Gasteiger partial charge on any atom is -0.393 e. The van der Waals surface area contributed by atoms with Crippen LogP contribution in [0.2, 0.25) is 0 Å². The van der Waals surface area contributed by atoms with Gasteiger partial charge in [-0.25, -0.2) is 0 Å². The number of likely N-dealkylation sites (tertiary alicyclic amines) is 1. The van der Waals surface area contributed by atoms with E-state index in [0.29, 0.717) is 30.1 Å². The van der Waals surface area contributed by atoms with Gasteiger partial charge in [0.2, 0.25) is 5.91 Å². The molecule has 1 amide bonds. The highest BCUT2D eigenvalue weighted by Gasteiger charge is 2.43. The SMILES string of the molecule is O=C(CC1CNC1)N1CC2CCC(O)C2C1. The van der Waals surface area contributed by atoms with Gasteiger partial charge in [0, 0.05) is 25.4 Å². The first kappa shape index (κ1) is 10.5. The Morgan fingerprint density at radius 3 is 2.75 bits per heavy atom. The lowest BCUT2D eigenvalue weighted by molar-refractivity contribution is -0.132. The number of amides is 1. The van der Waals surface area contributed by atoms with Gasteiger partial charge in [-0.05, 0) is 37.8 Å². The molecule has 3 unspecified atom stereocenters. The first-order valence-electron chi connectivity index (χ1n) is 6.40. The van der Waals surface area contributed by atoms with Crippen molar-refractivity contribution < 1.29 is 9.90 Å². The Morgan fingerprint density at radius 2 is 2.12 bits per heavy atom. The number of rotatable bonds is 2. The highest BCUT2D eigenvalue weighted by molar-refractivity contribution is 5.77. The van der Waals surface area contributed by atoms with E-state index in [-0.39, 0.29) is 6.10 Å². The van der Waals surface area contributed by atoms with Crippen LogP contribution in [0.15, 0.2) is 0 Å². The molecule has 3 rings (SSSR count). The summed E-state index contributed by atoms with van der Waals surface area (Å²) in [6, 6.07) is 0. The monoisotopic (exact) mass is 224 g/mol. The van der Waals surface area contributed by atoms with Crippen molar-refractivity contribution in [2.24, 2.45) is 17.8 Å². The fourth-order valence-electron chi connectivity index (χ4n) is 3.31. The van der Waals surface area contributed by atoms with Crippen molar-refractivity contribution in [1.82, 2.24) is 10.2 Å². The summed E-state index contributed by atoms with van der Waals surface area (Å²) in [5.41, 5.74) is 0. The van der Waals surface area contributed by atoms with Crippen LogP contribution in [0.25, 0.3) is 0 Å². The summed E-state index contributed by atoms with van der Waals surface area (Å²) in [7, 11) is 0. The smallest absolute Gasteiger partial charge is 0.222 e. The average Bonchev–Trinajstić information content (AvgIpc) is 2.75. The van der Waals surface area contributed by atoms with E-state index >= 15 is 0 Å². The molecular weight excluding hydrogens is 204 g/mol. The highest BCUT2D eigenvalue weighted by atomic mass is 16.3. The van der Waals surface area contributed by atoms with E-state index in [1.165, 1.54) is 0 Å². The number of nitrogens with one attached hydrogen (secondary N) is 1. The normalized spacial score (nSPS) is 38.6. The van der Waals surface area contributed by atoms with Gasteiger partial charge in [0.05, 0.1) is 6.10 Å². The summed E-state index contributed by atoms with van der Waals surface area (Å²) in [5.74, 6) is 1.79. The molecule has 1 saturated carbocycles. The largest absolute Gasteiger partial charge is 0.393 e. The molecule has 3 aliphatic rings. The van der Waals surface area contributed by atoms with Gasteiger partial charge in [-0.1, -0.05) is 0 Å². The molecule has 0 bridgehead atoms. The van der Waals surface area contributed by atoms with E-state index < -0.39 is 0 Å². The molecule has 2 aliphatic heterocycles. The van der Waals surface area contributed by atoms with Crippen LogP contribution < -0.4 is 5.32 Å². The van der Waals surface area contributed by atoms with Gasteiger partial charge in [0.25, 0.3) is 0 Å². The maximum Gasteiger partial charge on any atom is 0.222 e. The molecular formula is C12H20N2O2. The minimum atomic E-state index is -0.159. The first-order valence-corrected chi connectivity index (χ1v) is 6.40. The second kappa shape index (κ2) is 4.00. The van der Waals surface area contributed by atoms with E-state index in [1.54, 1.807) is 0 Å². The van der Waals surface area contributed by atoms with E-state index in [0.717, 1.165) is 39.0 Å². The number of nitrogens with zero attached hydrogens (tertiary/aromatic N) is 1. The number of carbonyl (C=O) groups is 1. The van der Waals surface area contributed by atoms with Gasteiger partial charge in [-0.15, -0.1) is 0 Å². The fraction of sp³-hybridized carbons (Fsp3) is 0.917. The predicted molar refractivity (Wildman–Crippen MR) is 59.8 cm³/mol. The van der Waals surface area contributed by atoms with Crippen LogP contribution in [0.3, 0.4) is 0 Å². The molecule has 4 heteroatoms. The number of fused-ring (bicyclic) bond motifs is 1. The summed E-state index contributed by atoms with van der Waals surface area (Å²) < 4.78 is 0. The molecule has 1 aliphatic carbocycles. The van der Waals surface area contributed by atoms with Crippen LogP contribution in [0.5, 0.6) is 0 Å². The van der Waals surface area contributed by atoms with Gasteiger partial charge in [-0.3, -0.25) is 4.79 Å². The van der Waals surface area contributed by atoms with Crippen molar-refractivity contribution in [3.8, 4) is 0 Å². The second-order valence-corrected chi connectivity index (χ2v) is 5.60. The van der Waals surface area contributed by atoms with E-state index in [2.05, 4.69) is 5.32 Å². The molecule has 3 fully saturated rings. The van der Waals surface area contributed by atoms with Crippen LogP contribution in [0.4, 0.5) is 0 Å². The van der Waals surface area contributed by atoms with Gasteiger partial charge in [0.1, 0.15) is 0 Å². The van der Waals surface area contributed by atoms with E-state index in [1.807, 2.05) is 4.90 Å². The maximum atomic E-state index is 12.0. The summed E-state index contributed by atoms with van der Waals surface area (Å²) >= 11 is 0. The van der Waals surface area contributed by atoms with Crippen molar-refractivity contribution >= 4 is 5.91 Å². The van der Waals surface area contributed by atoms with E-state index in [4.69, 9.17) is 0 Å². The molecule has 90 valence electrons. The third-order valence-electron chi connectivity index (χ3n) is 4.50. The third kappa shape index (κ3) is 1.74. The zero-order valence-electron chi connectivity index (χ0n) is 9.56. The second-order valence-electron chi connectivity index (χ2n) is 5.60. The Kier molecular flexibility index (Phi) is 2.64. The summed E-state index contributed by atoms with van der Waals surface area (Å²) in [6.45, 7) is 3.68. The van der Waals surface area contributed by atoms with Crippen LogP contribution in [-0.2, 0) is 4.79 Å². The maximum absolute atomic E-state index is 12.0. The molecule has 4 nitrogen and oxygen atoms in total. The van der Waals surface area contributed by atoms with Crippen LogP contribution >= 0.6 is 0 Å². The lowest BCUT2D eigenvalue weighted by Crippen LogP contribution is -2.45. The fourth-order valence-corrected chi connectivity index (χ4v) is 3.31. The van der Waals surface area contributed by atoms with Crippen LogP contribution in [0, 0.1) is 17.8 Å². The molecule has 2 saturated heterocycles. The lowest BCUT2D eigenvalue weighted by atomic mass is 9.99. The summed E-state index contributed by atoms with van der Waals surface area (Å²) in [4.78, 5) is 14.0. The Labute approximate surface area is 96.0 Å². The Morgan fingerprint density at radius 1 is 1.31 bits per heavy atom. The minimum absolute atomic E-state index is 0.159. The molecule has 0 aromatic carbocycles. The molecule has 0 radical (unpaired) electrons. The molecule has 2 N–H and O–H groups in total. The van der Waals surface area contributed by atoms with Gasteiger partial charge in [0.15, 0.2) is 0 Å². The van der Waals surface area contributed by atoms with Crippen LogP contribution in [0.1, 0.15) is 19.3 Å². The van der Waals surface area contributed by atoms with Crippen molar-refractivity contribution in [3.05, 3.63) is 0 Å². The summed E-state index contributed by atoms with van der Waals surface area (Å²) in [6.07, 6.45) is 2.57. The van der Waals surface area contributed by atoms with E-state index in [9.17, 15) is 9.90 Å². The Bertz CT molecular complexity index is 291. The van der Waals surface area contributed by atoms with Gasteiger partial charge >= 0.3 is 0 Å². The molecule has 2 heterocycles. The molecule has 0 spiro atoms. The van der Waals surface area contributed by atoms with Gasteiger partial charge in [-0.2, -0.15) is 0 Å². The van der Waals surface area contributed by atoms with Crippen molar-refractivity contribution in [2.75, 3.05) is 26.2 Å². The Hall–Kier alpha value is -0.610. The summed E-state index contributed by atoms with van der Waals surface area (Å²) in [5, 5.41) is 13.0. The van der Waals surface area contributed by atoms with Crippen molar-refractivity contribution in [2.45, 2.75) is 25.4 Å². The Balaban J connectivity index is 1.54. The lowest BCUT2D eigenvalue weighted by Gasteiger charge is -2.28. The molecule has 0 aromatic rings. The van der Waals surface area contributed by atoms with Crippen molar-refractivity contribution in [1.29, 1.82) is 0 Å². The molecule has 0 aromatic heterocycles. The number of hydrogen-bond donors (Lipinski definition) is 2. The average molecular weight is 224 g/mol. The highest BCUT2D eigenvalue weighted by Crippen LogP contribution is 2.38. The number of carbonyl (C=O) groups excluding carboxylic acids is 1. The standard InChI is InChI=1S/C12H20N2O2/c15-11-2-1-9-6-14(7-10(9)11)12(16)3-8-4-13-5-8/h8-11,13,15H,1-7H2. The quantitative estimate of drug-likeness (QED) is 0.684. The van der Waals surface area contributed by atoms with Gasteiger partial charge < -0.3 is 15.3 Å². The molecule has 3 atom stereocenters.